The molecule has 9 heteroatoms. The van der Waals surface area contributed by atoms with E-state index >= 15 is 4.39 Å². The summed E-state index contributed by atoms with van der Waals surface area (Å²) in [5, 5.41) is 26.1. The van der Waals surface area contributed by atoms with E-state index < -0.39 is 23.7 Å². The predicted octanol–water partition coefficient (Wildman–Crippen LogP) is 3.45. The minimum atomic E-state index is -0.875. The van der Waals surface area contributed by atoms with Gasteiger partial charge in [0, 0.05) is 30.4 Å². The molecule has 2 N–H and O–H groups in total. The van der Waals surface area contributed by atoms with Crippen LogP contribution >= 0.6 is 11.6 Å². The highest BCUT2D eigenvalue weighted by Crippen LogP contribution is 2.47. The van der Waals surface area contributed by atoms with Gasteiger partial charge in [0.05, 0.1) is 12.1 Å². The quantitative estimate of drug-likeness (QED) is 0.758. The molecule has 0 spiro atoms. The minimum Gasteiger partial charge on any atom is -0.481 e. The van der Waals surface area contributed by atoms with Crippen molar-refractivity contribution in [2.24, 2.45) is 24.8 Å². The van der Waals surface area contributed by atoms with Crippen molar-refractivity contribution in [1.29, 1.82) is 5.26 Å². The number of halogens is 2. The maximum atomic E-state index is 15.4. The van der Waals surface area contributed by atoms with Gasteiger partial charge < -0.3 is 10.4 Å². The Morgan fingerprint density at radius 3 is 2.64 bits per heavy atom. The summed E-state index contributed by atoms with van der Waals surface area (Å²) < 4.78 is 16.9. The molecule has 0 aromatic carbocycles. The molecule has 3 aliphatic carbocycles. The summed E-state index contributed by atoms with van der Waals surface area (Å²) in [6.45, 7) is 0. The van der Waals surface area contributed by atoms with Crippen molar-refractivity contribution in [2.75, 3.05) is 5.32 Å². The largest absolute Gasteiger partial charge is 0.481 e. The Labute approximate surface area is 166 Å². The van der Waals surface area contributed by atoms with Crippen LogP contribution in [-0.2, 0) is 11.8 Å². The predicted molar refractivity (Wildman–Crippen MR) is 100 cm³/mol. The molecule has 0 aliphatic heterocycles. The van der Waals surface area contributed by atoms with Crippen molar-refractivity contribution >= 4 is 23.4 Å². The molecule has 28 heavy (non-hydrogen) atoms. The number of nitrogens with one attached hydrogen (secondary N) is 1. The average molecular weight is 404 g/mol. The molecule has 2 atom stereocenters. The van der Waals surface area contributed by atoms with E-state index in [1.165, 1.54) is 10.9 Å². The van der Waals surface area contributed by atoms with E-state index in [2.05, 4.69) is 15.4 Å². The highest BCUT2D eigenvalue weighted by Gasteiger charge is 2.47. The first-order chi connectivity index (χ1) is 13.4. The Bertz CT molecular complexity index is 977. The first kappa shape index (κ1) is 18.7. The molecule has 0 saturated heterocycles. The molecule has 2 aromatic rings. The number of carboxylic acid groups (broad SMARTS) is 1. The van der Waals surface area contributed by atoms with Crippen LogP contribution in [0.2, 0.25) is 5.15 Å². The molecule has 3 saturated carbocycles. The summed E-state index contributed by atoms with van der Waals surface area (Å²) in [5.41, 5.74) is 0.354. The molecular weight excluding hydrogens is 385 g/mol. The number of nitriles is 1. The number of anilines is 1. The van der Waals surface area contributed by atoms with Gasteiger partial charge in [0.15, 0.2) is 11.6 Å². The first-order valence-corrected chi connectivity index (χ1v) is 9.56. The molecule has 7 nitrogen and oxygen atoms in total. The lowest BCUT2D eigenvalue weighted by molar-refractivity contribution is -0.148. The van der Waals surface area contributed by atoms with Crippen LogP contribution in [0.3, 0.4) is 0 Å². The average Bonchev–Trinajstić information content (AvgIpc) is 3.10. The minimum absolute atomic E-state index is 0.0194. The number of carbonyl (C=O) groups is 1. The Kier molecular flexibility index (Phi) is 4.71. The van der Waals surface area contributed by atoms with Crippen molar-refractivity contribution in [3.63, 3.8) is 0 Å². The lowest BCUT2D eigenvalue weighted by Gasteiger charge is -2.47. The van der Waals surface area contributed by atoms with Crippen molar-refractivity contribution in [1.82, 2.24) is 14.8 Å². The van der Waals surface area contributed by atoms with Gasteiger partial charge >= 0.3 is 5.97 Å². The number of carboxylic acids is 1. The number of aryl methyl sites for hydroxylation is 1. The van der Waals surface area contributed by atoms with Gasteiger partial charge in [0.1, 0.15) is 16.8 Å². The van der Waals surface area contributed by atoms with Crippen molar-refractivity contribution in [3.8, 4) is 17.2 Å². The number of rotatable bonds is 4. The van der Waals surface area contributed by atoms with E-state index in [-0.39, 0.29) is 33.9 Å². The third kappa shape index (κ3) is 3.00. The maximum absolute atomic E-state index is 15.4. The number of hydrogen-bond acceptors (Lipinski definition) is 5. The third-order valence-electron chi connectivity index (χ3n) is 6.01. The van der Waals surface area contributed by atoms with Crippen LogP contribution in [0.25, 0.3) is 11.1 Å². The molecule has 5 rings (SSSR count). The maximum Gasteiger partial charge on any atom is 0.308 e. The van der Waals surface area contributed by atoms with Crippen LogP contribution in [0.4, 0.5) is 10.2 Å². The summed E-state index contributed by atoms with van der Waals surface area (Å²) >= 11 is 6.18. The molecule has 2 bridgehead atoms. The third-order valence-corrected chi connectivity index (χ3v) is 6.28. The molecule has 2 heterocycles. The second-order valence-electron chi connectivity index (χ2n) is 7.54. The highest BCUT2D eigenvalue weighted by atomic mass is 35.5. The fraction of sp³-hybridized carbons (Fsp3) is 0.474. The number of fused-ring (bicyclic) bond motifs is 3. The van der Waals surface area contributed by atoms with Gasteiger partial charge in [-0.3, -0.25) is 9.48 Å². The van der Waals surface area contributed by atoms with E-state index in [0.29, 0.717) is 5.56 Å². The number of hydrogen-bond donors (Lipinski definition) is 2. The summed E-state index contributed by atoms with van der Waals surface area (Å²) in [6, 6.07) is 1.49. The summed E-state index contributed by atoms with van der Waals surface area (Å²) in [5.74, 6) is -2.09. The van der Waals surface area contributed by atoms with E-state index in [4.69, 9.17) is 11.6 Å². The Morgan fingerprint density at radius 1 is 1.39 bits per heavy atom. The van der Waals surface area contributed by atoms with E-state index in [9.17, 15) is 15.2 Å². The lowest BCUT2D eigenvalue weighted by atomic mass is 9.61. The molecular formula is C19H19ClFN5O2. The van der Waals surface area contributed by atoms with E-state index in [1.807, 2.05) is 6.07 Å². The normalized spacial score (nSPS) is 26.1. The lowest BCUT2D eigenvalue weighted by Crippen LogP contribution is -2.51. The van der Waals surface area contributed by atoms with Gasteiger partial charge in [-0.05, 0) is 37.5 Å². The fourth-order valence-corrected chi connectivity index (χ4v) is 4.95. The molecule has 146 valence electrons. The van der Waals surface area contributed by atoms with E-state index in [0.717, 1.165) is 25.7 Å². The molecule has 3 fully saturated rings. The highest BCUT2D eigenvalue weighted by molar-refractivity contribution is 6.31. The van der Waals surface area contributed by atoms with Gasteiger partial charge in [0.2, 0.25) is 0 Å². The number of aromatic nitrogens is 3. The number of nitrogens with zero attached hydrogens (tertiary/aromatic N) is 4. The zero-order valence-electron chi connectivity index (χ0n) is 15.2. The summed E-state index contributed by atoms with van der Waals surface area (Å²) in [4.78, 5) is 15.9. The molecule has 2 aromatic heterocycles. The van der Waals surface area contributed by atoms with Crippen molar-refractivity contribution in [3.05, 3.63) is 28.9 Å². The molecule has 3 aliphatic rings. The Balaban J connectivity index is 1.77. The number of pyridine rings is 1. The summed E-state index contributed by atoms with van der Waals surface area (Å²) in [7, 11) is 1.69. The SMILES string of the molecule is Cn1cc(-c2c(F)c(NC3C4CCC(CC4)C3C(=O)O)nc(Cl)c2C#N)cn1. The van der Waals surface area contributed by atoms with Gasteiger partial charge in [0.25, 0.3) is 0 Å². The number of aliphatic carboxylic acids is 1. The monoisotopic (exact) mass is 403 g/mol. The molecule has 0 radical (unpaired) electrons. The van der Waals surface area contributed by atoms with Crippen molar-refractivity contribution in [2.45, 2.75) is 31.7 Å². The van der Waals surface area contributed by atoms with Crippen LogP contribution in [-0.4, -0.2) is 31.9 Å². The zero-order valence-corrected chi connectivity index (χ0v) is 15.9. The van der Waals surface area contributed by atoms with Crippen molar-refractivity contribution < 1.29 is 14.3 Å². The van der Waals surface area contributed by atoms with Gasteiger partial charge in [-0.15, -0.1) is 0 Å². The van der Waals surface area contributed by atoms with Crippen LogP contribution in [0.1, 0.15) is 31.2 Å². The van der Waals surface area contributed by atoms with Crippen LogP contribution in [0.15, 0.2) is 12.4 Å². The zero-order chi connectivity index (χ0) is 20.0. The standard InChI is InChI=1S/C19H19ClFN5O2/c1-26-8-11(7-23-26)13-12(6-22)17(20)25-18(15(13)21)24-16-10-4-2-9(3-5-10)14(16)19(27)28/h7-10,14,16H,2-5H2,1H3,(H,24,25)(H,27,28). The summed E-state index contributed by atoms with van der Waals surface area (Å²) in [6.07, 6.45) is 6.61. The molecule has 0 amide bonds. The van der Waals surface area contributed by atoms with Gasteiger partial charge in [-0.1, -0.05) is 11.6 Å². The topological polar surface area (TPSA) is 104 Å². The Hall–Kier alpha value is -2.66. The van der Waals surface area contributed by atoms with E-state index in [1.54, 1.807) is 13.2 Å². The second-order valence-corrected chi connectivity index (χ2v) is 7.90. The smallest absolute Gasteiger partial charge is 0.308 e. The van der Waals surface area contributed by atoms with Crippen LogP contribution in [0.5, 0.6) is 0 Å². The fourth-order valence-electron chi connectivity index (χ4n) is 4.72. The second kappa shape index (κ2) is 7.06. The van der Waals surface area contributed by atoms with Gasteiger partial charge in [-0.25, -0.2) is 9.37 Å². The molecule has 2 unspecified atom stereocenters. The van der Waals surface area contributed by atoms with Gasteiger partial charge in [-0.2, -0.15) is 10.4 Å². The van der Waals surface area contributed by atoms with Crippen LogP contribution in [0, 0.1) is 34.9 Å². The first-order valence-electron chi connectivity index (χ1n) is 9.18. The van der Waals surface area contributed by atoms with Crippen LogP contribution < -0.4 is 5.32 Å². The Morgan fingerprint density at radius 2 is 2.07 bits per heavy atom.